The van der Waals surface area contributed by atoms with E-state index in [4.69, 9.17) is 4.74 Å². The highest BCUT2D eigenvalue weighted by Gasteiger charge is 2.25. The van der Waals surface area contributed by atoms with Gasteiger partial charge in [0.05, 0.1) is 6.61 Å². The van der Waals surface area contributed by atoms with Crippen molar-refractivity contribution in [1.82, 2.24) is 10.6 Å². The Balaban J connectivity index is 2.02. The fraction of sp³-hybridized carbons (Fsp3) is 0.533. The molecule has 2 rings (SSSR count). The van der Waals surface area contributed by atoms with Crippen molar-refractivity contribution in [3.8, 4) is 0 Å². The molecule has 0 bridgehead atoms. The Hall–Kier alpha value is -1.11. The average molecular weight is 356 g/mol. The van der Waals surface area contributed by atoms with Crippen LogP contribution in [0.25, 0.3) is 0 Å². The molecular weight excluding hydrogens is 334 g/mol. The van der Waals surface area contributed by atoms with Gasteiger partial charge in [-0.25, -0.2) is 0 Å². The minimum absolute atomic E-state index is 0.0858. The lowest BCUT2D eigenvalue weighted by Crippen LogP contribution is -2.54. The molecule has 2 N–H and O–H groups in total. The molecule has 0 spiro atoms. The Morgan fingerprint density at radius 3 is 3.05 bits per heavy atom. The van der Waals surface area contributed by atoms with Crippen LogP contribution in [0.1, 0.15) is 12.5 Å². The zero-order valence-electron chi connectivity index (χ0n) is 12.5. The van der Waals surface area contributed by atoms with Gasteiger partial charge in [0.15, 0.2) is 0 Å². The third-order valence-electron chi connectivity index (χ3n) is 3.67. The first-order valence-corrected chi connectivity index (χ1v) is 7.95. The number of carbonyl (C=O) groups is 1. The Morgan fingerprint density at radius 1 is 1.52 bits per heavy atom. The molecule has 1 aromatic carbocycles. The highest BCUT2D eigenvalue weighted by Crippen LogP contribution is 2.26. The van der Waals surface area contributed by atoms with Crippen LogP contribution in [0.2, 0.25) is 0 Å². The Bertz CT molecular complexity index is 496. The maximum absolute atomic E-state index is 11.7. The summed E-state index contributed by atoms with van der Waals surface area (Å²) < 4.78 is 6.07. The molecular formula is C15H22BrN3O2. The number of carbonyl (C=O) groups excluding carboxylic acids is 1. The highest BCUT2D eigenvalue weighted by molar-refractivity contribution is 9.10. The average Bonchev–Trinajstić information content (AvgIpc) is 2.48. The minimum atomic E-state index is -0.128. The molecule has 1 aliphatic rings. The predicted octanol–water partition coefficient (Wildman–Crippen LogP) is 1.51. The lowest BCUT2D eigenvalue weighted by Gasteiger charge is -2.35. The zero-order chi connectivity index (χ0) is 15.2. The highest BCUT2D eigenvalue weighted by atomic mass is 79.9. The number of benzene rings is 1. The summed E-state index contributed by atoms with van der Waals surface area (Å²) in [5, 5.41) is 6.21. The molecule has 0 saturated carbocycles. The maximum atomic E-state index is 11.7. The summed E-state index contributed by atoms with van der Waals surface area (Å²) in [5.74, 6) is 0.0858. The number of nitrogens with zero attached hydrogens (tertiary/aromatic N) is 1. The van der Waals surface area contributed by atoms with E-state index in [1.807, 2.05) is 6.92 Å². The smallest absolute Gasteiger partial charge is 0.242 e. The summed E-state index contributed by atoms with van der Waals surface area (Å²) in [6, 6.07) is 6.13. The molecule has 1 heterocycles. The van der Waals surface area contributed by atoms with Gasteiger partial charge in [0.1, 0.15) is 6.04 Å². The molecule has 6 heteroatoms. The lowest BCUT2D eigenvalue weighted by atomic mass is 10.1. The van der Waals surface area contributed by atoms with Crippen molar-refractivity contribution in [3.05, 3.63) is 28.2 Å². The van der Waals surface area contributed by atoms with Crippen molar-refractivity contribution in [3.63, 3.8) is 0 Å². The van der Waals surface area contributed by atoms with Crippen molar-refractivity contribution in [1.29, 1.82) is 0 Å². The van der Waals surface area contributed by atoms with Gasteiger partial charge in [-0.15, -0.1) is 0 Å². The van der Waals surface area contributed by atoms with E-state index in [1.54, 1.807) is 7.11 Å². The Labute approximate surface area is 134 Å². The van der Waals surface area contributed by atoms with E-state index in [1.165, 1.54) is 5.56 Å². The summed E-state index contributed by atoms with van der Waals surface area (Å²) in [6.07, 6.45) is 0. The van der Waals surface area contributed by atoms with E-state index >= 15 is 0 Å². The fourth-order valence-electron chi connectivity index (χ4n) is 2.39. The first-order chi connectivity index (χ1) is 10.1. The van der Waals surface area contributed by atoms with Crippen LogP contribution in [-0.4, -0.2) is 45.3 Å². The summed E-state index contributed by atoms with van der Waals surface area (Å²) in [7, 11) is 1.70. The number of piperazine rings is 1. The number of hydrogen-bond acceptors (Lipinski definition) is 4. The monoisotopic (exact) mass is 355 g/mol. The predicted molar refractivity (Wildman–Crippen MR) is 87.5 cm³/mol. The van der Waals surface area contributed by atoms with Gasteiger partial charge in [-0.3, -0.25) is 4.79 Å². The van der Waals surface area contributed by atoms with E-state index in [-0.39, 0.29) is 11.9 Å². The summed E-state index contributed by atoms with van der Waals surface area (Å²) in [6.45, 7) is 5.79. The van der Waals surface area contributed by atoms with Crippen LogP contribution in [0.3, 0.4) is 0 Å². The van der Waals surface area contributed by atoms with Crippen molar-refractivity contribution in [2.45, 2.75) is 19.5 Å². The molecule has 0 aromatic heterocycles. The molecule has 1 aromatic rings. The number of halogens is 1. The van der Waals surface area contributed by atoms with Crippen LogP contribution in [-0.2, 0) is 16.1 Å². The largest absolute Gasteiger partial charge is 0.383 e. The Morgan fingerprint density at radius 2 is 2.33 bits per heavy atom. The minimum Gasteiger partial charge on any atom is -0.383 e. The second kappa shape index (κ2) is 7.77. The van der Waals surface area contributed by atoms with E-state index < -0.39 is 0 Å². The van der Waals surface area contributed by atoms with Crippen LogP contribution in [0.4, 0.5) is 5.69 Å². The summed E-state index contributed by atoms with van der Waals surface area (Å²) in [4.78, 5) is 13.9. The molecule has 1 saturated heterocycles. The van der Waals surface area contributed by atoms with Gasteiger partial charge in [0.25, 0.3) is 0 Å². The van der Waals surface area contributed by atoms with Gasteiger partial charge in [0.2, 0.25) is 5.91 Å². The normalized spacial score (nSPS) is 18.7. The topological polar surface area (TPSA) is 53.6 Å². The van der Waals surface area contributed by atoms with E-state index in [9.17, 15) is 4.79 Å². The first-order valence-electron chi connectivity index (χ1n) is 7.16. The molecule has 0 radical (unpaired) electrons. The fourth-order valence-corrected chi connectivity index (χ4v) is 2.90. The second-order valence-corrected chi connectivity index (χ2v) is 5.96. The molecule has 5 nitrogen and oxygen atoms in total. The molecule has 0 aliphatic carbocycles. The van der Waals surface area contributed by atoms with Gasteiger partial charge in [-0.05, 0) is 24.6 Å². The molecule has 21 heavy (non-hydrogen) atoms. The molecule has 1 fully saturated rings. The van der Waals surface area contributed by atoms with Gasteiger partial charge >= 0.3 is 0 Å². The maximum Gasteiger partial charge on any atom is 0.242 e. The van der Waals surface area contributed by atoms with Gasteiger partial charge in [-0.2, -0.15) is 0 Å². The summed E-state index contributed by atoms with van der Waals surface area (Å²) >= 11 is 3.62. The van der Waals surface area contributed by atoms with E-state index in [0.29, 0.717) is 13.2 Å². The number of amides is 1. The van der Waals surface area contributed by atoms with E-state index in [0.717, 1.165) is 29.8 Å². The van der Waals surface area contributed by atoms with Crippen LogP contribution < -0.4 is 15.5 Å². The number of hydrogen-bond donors (Lipinski definition) is 2. The van der Waals surface area contributed by atoms with E-state index in [2.05, 4.69) is 49.7 Å². The molecule has 116 valence electrons. The van der Waals surface area contributed by atoms with Gasteiger partial charge in [-0.1, -0.05) is 22.0 Å². The molecule has 1 atom stereocenters. The first kappa shape index (κ1) is 16.3. The molecule has 1 aliphatic heterocycles. The molecule has 1 unspecified atom stereocenters. The van der Waals surface area contributed by atoms with Crippen LogP contribution in [0.5, 0.6) is 0 Å². The van der Waals surface area contributed by atoms with Crippen molar-refractivity contribution < 1.29 is 9.53 Å². The third kappa shape index (κ3) is 4.18. The lowest BCUT2D eigenvalue weighted by molar-refractivity contribution is -0.122. The number of methoxy groups -OCH3 is 1. The van der Waals surface area contributed by atoms with Crippen LogP contribution in [0, 0.1) is 0 Å². The van der Waals surface area contributed by atoms with Gasteiger partial charge in [0, 0.05) is 43.4 Å². The van der Waals surface area contributed by atoms with Gasteiger partial charge < -0.3 is 20.3 Å². The molecule has 1 amide bonds. The standard InChI is InChI=1S/C15H22BrN3O2/c1-11-15(20)18-5-7-19(11)13-4-3-12(14(16)9-13)10-17-6-8-21-2/h3-4,9,11,17H,5-8,10H2,1-2H3,(H,18,20). The number of rotatable bonds is 6. The number of ether oxygens (including phenoxy) is 1. The number of anilines is 1. The third-order valence-corrected chi connectivity index (χ3v) is 4.40. The quantitative estimate of drug-likeness (QED) is 0.759. The van der Waals surface area contributed by atoms with Crippen LogP contribution in [0.15, 0.2) is 22.7 Å². The second-order valence-electron chi connectivity index (χ2n) is 5.11. The van der Waals surface area contributed by atoms with Crippen molar-refractivity contribution >= 4 is 27.5 Å². The zero-order valence-corrected chi connectivity index (χ0v) is 14.1. The summed E-state index contributed by atoms with van der Waals surface area (Å²) in [5.41, 5.74) is 2.27. The van der Waals surface area contributed by atoms with Crippen LogP contribution >= 0.6 is 15.9 Å². The SMILES string of the molecule is COCCNCc1ccc(N2CCNC(=O)C2C)cc1Br. The van der Waals surface area contributed by atoms with Crippen molar-refractivity contribution in [2.24, 2.45) is 0 Å². The Kier molecular flexibility index (Phi) is 6.02. The van der Waals surface area contributed by atoms with Crippen molar-refractivity contribution in [2.75, 3.05) is 38.3 Å². The number of nitrogens with one attached hydrogen (secondary N) is 2.